The van der Waals surface area contributed by atoms with Crippen molar-refractivity contribution in [3.05, 3.63) is 106 Å². The summed E-state index contributed by atoms with van der Waals surface area (Å²) in [4.78, 5) is 0. The molecule has 0 aliphatic carbocycles. The van der Waals surface area contributed by atoms with Gasteiger partial charge in [0.15, 0.2) is 0 Å². The van der Waals surface area contributed by atoms with Gasteiger partial charge in [-0.3, -0.25) is 0 Å². The largest absolute Gasteiger partial charge is 0.508 e. The van der Waals surface area contributed by atoms with Crippen molar-refractivity contribution in [1.29, 1.82) is 10.5 Å². The first-order chi connectivity index (χ1) is 15.0. The van der Waals surface area contributed by atoms with Crippen LogP contribution in [0.4, 0.5) is 0 Å². The second kappa shape index (κ2) is 10.3. The van der Waals surface area contributed by atoms with Gasteiger partial charge in [0.05, 0.1) is 26.8 Å². The summed E-state index contributed by atoms with van der Waals surface area (Å²) in [5.74, 6) is 0.547. The predicted molar refractivity (Wildman–Crippen MR) is 129 cm³/mol. The highest BCUT2D eigenvalue weighted by atomic mass is 127. The summed E-state index contributed by atoms with van der Waals surface area (Å²) in [5, 5.41) is 35.9. The monoisotopic (exact) mass is 516 g/mol. The molecule has 4 nitrogen and oxygen atoms in total. The summed E-state index contributed by atoms with van der Waals surface area (Å²) in [5.41, 5.74) is 5.43. The van der Waals surface area contributed by atoms with E-state index in [1.807, 2.05) is 48.5 Å². The second-order valence-corrected chi connectivity index (χ2v) is 7.75. The Morgan fingerprint density at radius 2 is 0.935 bits per heavy atom. The average Bonchev–Trinajstić information content (AvgIpc) is 2.82. The van der Waals surface area contributed by atoms with Crippen molar-refractivity contribution in [3.63, 3.8) is 0 Å². The lowest BCUT2D eigenvalue weighted by molar-refractivity contribution is 0.471. The van der Waals surface area contributed by atoms with Crippen LogP contribution < -0.4 is 0 Å². The van der Waals surface area contributed by atoms with Crippen LogP contribution >= 0.6 is 22.6 Å². The summed E-state index contributed by atoms with van der Waals surface area (Å²) in [7, 11) is 0. The fourth-order valence-electron chi connectivity index (χ4n) is 2.81. The normalized spacial score (nSPS) is 9.65. The molecule has 4 rings (SSSR count). The lowest BCUT2D eigenvalue weighted by Gasteiger charge is -2.03. The summed E-state index contributed by atoms with van der Waals surface area (Å²) in [6.07, 6.45) is 0. The number of hydrogen-bond donors (Lipinski definition) is 2. The number of nitrogens with zero attached hydrogens (tertiary/aromatic N) is 2. The SMILES string of the molecule is N#Cc1ccc(-c2ccc(O)c(I)c2)cc1.N#Cc1ccc(-c2ccc(O)cc2)cc1. The van der Waals surface area contributed by atoms with Crippen LogP contribution in [0.5, 0.6) is 11.5 Å². The molecule has 4 aromatic rings. The van der Waals surface area contributed by atoms with Gasteiger partial charge in [0.1, 0.15) is 11.5 Å². The lowest BCUT2D eigenvalue weighted by atomic mass is 10.0. The van der Waals surface area contributed by atoms with Crippen molar-refractivity contribution in [2.45, 2.75) is 0 Å². The molecule has 4 aromatic carbocycles. The molecule has 0 heterocycles. The highest BCUT2D eigenvalue weighted by Gasteiger charge is 2.02. The number of aromatic hydroxyl groups is 2. The summed E-state index contributed by atoms with van der Waals surface area (Å²) < 4.78 is 0.819. The van der Waals surface area contributed by atoms with E-state index < -0.39 is 0 Å². The van der Waals surface area contributed by atoms with Gasteiger partial charge in [-0.15, -0.1) is 0 Å². The average molecular weight is 516 g/mol. The van der Waals surface area contributed by atoms with Gasteiger partial charge in [0.25, 0.3) is 0 Å². The van der Waals surface area contributed by atoms with E-state index in [-0.39, 0.29) is 11.5 Å². The molecule has 0 aliphatic rings. The molecule has 0 fully saturated rings. The van der Waals surface area contributed by atoms with E-state index >= 15 is 0 Å². The second-order valence-electron chi connectivity index (χ2n) is 6.59. The fourth-order valence-corrected chi connectivity index (χ4v) is 3.33. The Kier molecular flexibility index (Phi) is 7.26. The molecule has 0 unspecified atom stereocenters. The number of phenols is 2. The van der Waals surface area contributed by atoms with E-state index in [1.165, 1.54) is 0 Å². The Morgan fingerprint density at radius 3 is 1.35 bits per heavy atom. The number of benzene rings is 4. The number of nitriles is 2. The van der Waals surface area contributed by atoms with E-state index in [0.717, 1.165) is 25.8 Å². The van der Waals surface area contributed by atoms with Crippen LogP contribution in [0.25, 0.3) is 22.3 Å². The van der Waals surface area contributed by atoms with E-state index in [0.29, 0.717) is 11.1 Å². The highest BCUT2D eigenvalue weighted by molar-refractivity contribution is 14.1. The smallest absolute Gasteiger partial charge is 0.128 e. The van der Waals surface area contributed by atoms with Crippen molar-refractivity contribution in [1.82, 2.24) is 0 Å². The molecule has 0 saturated heterocycles. The van der Waals surface area contributed by atoms with Gasteiger partial charge in [-0.25, -0.2) is 0 Å². The zero-order valence-electron chi connectivity index (χ0n) is 16.3. The number of hydrogen-bond acceptors (Lipinski definition) is 4. The van der Waals surface area contributed by atoms with E-state index in [4.69, 9.17) is 15.6 Å². The molecule has 0 spiro atoms. The van der Waals surface area contributed by atoms with Crippen LogP contribution in [0.2, 0.25) is 0 Å². The minimum Gasteiger partial charge on any atom is -0.508 e. The minimum atomic E-state index is 0.257. The van der Waals surface area contributed by atoms with Gasteiger partial charge < -0.3 is 10.2 Å². The van der Waals surface area contributed by atoms with Gasteiger partial charge in [-0.2, -0.15) is 10.5 Å². The van der Waals surface area contributed by atoms with Gasteiger partial charge in [0, 0.05) is 0 Å². The Hall–Kier alpha value is -3.81. The molecule has 31 heavy (non-hydrogen) atoms. The van der Waals surface area contributed by atoms with Crippen LogP contribution in [-0.2, 0) is 0 Å². The summed E-state index contributed by atoms with van der Waals surface area (Å²) >= 11 is 2.09. The number of phenolic OH excluding ortho intramolecular Hbond substituents is 2. The first-order valence-electron chi connectivity index (χ1n) is 9.29. The maximum Gasteiger partial charge on any atom is 0.128 e. The molecular weight excluding hydrogens is 499 g/mol. The first kappa shape index (κ1) is 21.9. The van der Waals surface area contributed by atoms with Gasteiger partial charge in [-0.05, 0) is 93.4 Å². The van der Waals surface area contributed by atoms with Gasteiger partial charge >= 0.3 is 0 Å². The maximum absolute atomic E-state index is 9.42. The Morgan fingerprint density at radius 1 is 0.548 bits per heavy atom. The topological polar surface area (TPSA) is 88.0 Å². The first-order valence-corrected chi connectivity index (χ1v) is 10.4. The zero-order chi connectivity index (χ0) is 22.2. The van der Waals surface area contributed by atoms with E-state index in [2.05, 4.69) is 34.7 Å². The number of halogens is 1. The molecule has 0 atom stereocenters. The molecular formula is C26H17IN2O2. The van der Waals surface area contributed by atoms with Gasteiger partial charge in [0.2, 0.25) is 0 Å². The highest BCUT2D eigenvalue weighted by Crippen LogP contribution is 2.27. The van der Waals surface area contributed by atoms with Crippen molar-refractivity contribution >= 4 is 22.6 Å². The van der Waals surface area contributed by atoms with E-state index in [1.54, 1.807) is 42.5 Å². The number of rotatable bonds is 2. The molecule has 0 radical (unpaired) electrons. The Bertz CT molecular complexity index is 1250. The molecule has 0 bridgehead atoms. The molecule has 150 valence electrons. The third kappa shape index (κ3) is 5.85. The molecule has 5 heteroatoms. The van der Waals surface area contributed by atoms with Crippen molar-refractivity contribution < 1.29 is 10.2 Å². The van der Waals surface area contributed by atoms with Crippen LogP contribution in [0.1, 0.15) is 11.1 Å². The molecule has 0 saturated carbocycles. The predicted octanol–water partition coefficient (Wildman–Crippen LogP) is 6.47. The molecule has 0 aromatic heterocycles. The Balaban J connectivity index is 0.000000176. The maximum atomic E-state index is 9.42. The quantitative estimate of drug-likeness (QED) is 0.299. The standard InChI is InChI=1S/C13H8INO.C13H9NO/c14-12-7-11(5-6-13(12)16)10-3-1-9(8-15)2-4-10;14-9-10-1-3-11(4-2-10)12-5-7-13(15)8-6-12/h1-7,16H;1-8,15H. The van der Waals surface area contributed by atoms with Gasteiger partial charge in [-0.1, -0.05) is 42.5 Å². The van der Waals surface area contributed by atoms with Crippen LogP contribution in [0, 0.1) is 26.2 Å². The molecule has 2 N–H and O–H groups in total. The fraction of sp³-hybridized carbons (Fsp3) is 0. The van der Waals surface area contributed by atoms with Crippen molar-refractivity contribution in [2.75, 3.05) is 0 Å². The van der Waals surface area contributed by atoms with Crippen LogP contribution in [0.15, 0.2) is 91.0 Å². The molecule has 0 amide bonds. The Labute approximate surface area is 194 Å². The third-order valence-electron chi connectivity index (χ3n) is 4.51. The van der Waals surface area contributed by atoms with E-state index in [9.17, 15) is 5.11 Å². The van der Waals surface area contributed by atoms with Crippen LogP contribution in [-0.4, -0.2) is 10.2 Å². The lowest BCUT2D eigenvalue weighted by Crippen LogP contribution is -1.81. The van der Waals surface area contributed by atoms with Crippen molar-refractivity contribution in [2.24, 2.45) is 0 Å². The molecule has 0 aliphatic heterocycles. The zero-order valence-corrected chi connectivity index (χ0v) is 18.5. The summed E-state index contributed by atoms with van der Waals surface area (Å²) in [6.45, 7) is 0. The third-order valence-corrected chi connectivity index (χ3v) is 5.37. The van der Waals surface area contributed by atoms with Crippen LogP contribution in [0.3, 0.4) is 0 Å². The minimum absolute atomic E-state index is 0.257. The van der Waals surface area contributed by atoms with Crippen molar-refractivity contribution in [3.8, 4) is 45.9 Å². The summed E-state index contributed by atoms with van der Waals surface area (Å²) in [6, 6.07) is 31.3.